The number of hydrogen-bond donors (Lipinski definition) is 1. The molecular formula is C20H33IN4O2. The summed E-state index contributed by atoms with van der Waals surface area (Å²) in [5.74, 6) is 0.864. The molecule has 1 fully saturated rings. The van der Waals surface area contributed by atoms with Crippen LogP contribution in [-0.2, 0) is 22.6 Å². The fourth-order valence-corrected chi connectivity index (χ4v) is 3.37. The molecule has 0 amide bonds. The van der Waals surface area contributed by atoms with Crippen molar-refractivity contribution in [1.82, 2.24) is 15.1 Å². The fraction of sp³-hybridized carbons (Fsp3) is 0.600. The molecule has 1 aromatic rings. The number of aliphatic imine (C=N–C) groups is 1. The molecule has 2 rings (SSSR count). The van der Waals surface area contributed by atoms with Gasteiger partial charge >= 0.3 is 5.97 Å². The first-order chi connectivity index (χ1) is 12.5. The fourth-order valence-electron chi connectivity index (χ4n) is 3.37. The van der Waals surface area contributed by atoms with E-state index in [-0.39, 0.29) is 41.8 Å². The molecule has 0 radical (unpaired) electrons. The van der Waals surface area contributed by atoms with Crippen molar-refractivity contribution in [1.29, 1.82) is 0 Å². The molecule has 0 spiro atoms. The Morgan fingerprint density at radius 2 is 2.07 bits per heavy atom. The number of halogens is 1. The van der Waals surface area contributed by atoms with E-state index in [1.165, 1.54) is 18.2 Å². The van der Waals surface area contributed by atoms with Gasteiger partial charge in [-0.05, 0) is 30.6 Å². The second kappa shape index (κ2) is 11.5. The summed E-state index contributed by atoms with van der Waals surface area (Å²) in [5, 5.41) is 3.43. The molecule has 27 heavy (non-hydrogen) atoms. The average Bonchev–Trinajstić information content (AvgIpc) is 3.03. The first-order valence-electron chi connectivity index (χ1n) is 9.28. The normalized spacial score (nSPS) is 19.8. The zero-order valence-corrected chi connectivity index (χ0v) is 19.4. The number of nitrogens with zero attached hydrogens (tertiary/aromatic N) is 3. The molecule has 1 N–H and O–H groups in total. The summed E-state index contributed by atoms with van der Waals surface area (Å²) in [6.07, 6.45) is 0. The van der Waals surface area contributed by atoms with Gasteiger partial charge < -0.3 is 19.9 Å². The third kappa shape index (κ3) is 6.64. The van der Waals surface area contributed by atoms with Gasteiger partial charge in [0.05, 0.1) is 13.0 Å². The molecular weight excluding hydrogens is 455 g/mol. The molecule has 6 nitrogen and oxygen atoms in total. The second-order valence-electron chi connectivity index (χ2n) is 7.06. The van der Waals surface area contributed by atoms with E-state index in [1.807, 2.05) is 0 Å². The first-order valence-corrected chi connectivity index (χ1v) is 9.28. The minimum atomic E-state index is -0.136. The molecule has 0 aliphatic carbocycles. The number of nitrogens with one attached hydrogen (secondary N) is 1. The van der Waals surface area contributed by atoms with Gasteiger partial charge in [-0.2, -0.15) is 0 Å². The predicted octanol–water partition coefficient (Wildman–Crippen LogP) is 2.57. The van der Waals surface area contributed by atoms with Gasteiger partial charge in [0, 0.05) is 33.2 Å². The van der Waals surface area contributed by atoms with Crippen LogP contribution in [0.15, 0.2) is 29.3 Å². The monoisotopic (exact) mass is 488 g/mol. The van der Waals surface area contributed by atoms with Crippen LogP contribution in [-0.4, -0.2) is 62.6 Å². The Bertz CT molecular complexity index is 638. The number of guanidine groups is 1. The summed E-state index contributed by atoms with van der Waals surface area (Å²) in [4.78, 5) is 20.7. The summed E-state index contributed by atoms with van der Waals surface area (Å²) in [7, 11) is 5.36. The summed E-state index contributed by atoms with van der Waals surface area (Å²) < 4.78 is 4.92. The lowest BCUT2D eigenvalue weighted by Crippen LogP contribution is -2.40. The van der Waals surface area contributed by atoms with Crippen LogP contribution in [0, 0.1) is 11.8 Å². The maximum atomic E-state index is 11.9. The van der Waals surface area contributed by atoms with Crippen molar-refractivity contribution >= 4 is 35.9 Å². The van der Waals surface area contributed by atoms with Crippen LogP contribution in [0.3, 0.4) is 0 Å². The smallest absolute Gasteiger partial charge is 0.310 e. The molecule has 0 aromatic heterocycles. The maximum Gasteiger partial charge on any atom is 0.310 e. The molecule has 1 aliphatic heterocycles. The van der Waals surface area contributed by atoms with Gasteiger partial charge in [0.15, 0.2) is 5.96 Å². The van der Waals surface area contributed by atoms with E-state index in [0.717, 1.165) is 25.6 Å². The standard InChI is InChI=1S/C20H32N4O2.HI/c1-6-23(4)13-17-9-7-8-16(10-17)11-22-20(21-3)24-12-15(2)18(14-24)19(25)26-5;/h7-10,15,18H,6,11-14H2,1-5H3,(H,21,22);1H. The van der Waals surface area contributed by atoms with E-state index in [9.17, 15) is 4.79 Å². The number of carbonyl (C=O) groups excluding carboxylic acids is 1. The second-order valence-corrected chi connectivity index (χ2v) is 7.06. The minimum absolute atomic E-state index is 0. The highest BCUT2D eigenvalue weighted by Crippen LogP contribution is 2.24. The quantitative estimate of drug-likeness (QED) is 0.289. The van der Waals surface area contributed by atoms with Gasteiger partial charge in [0.2, 0.25) is 0 Å². The van der Waals surface area contributed by atoms with E-state index in [0.29, 0.717) is 13.1 Å². The van der Waals surface area contributed by atoms with Gasteiger partial charge in [-0.15, -0.1) is 24.0 Å². The minimum Gasteiger partial charge on any atom is -0.469 e. The highest BCUT2D eigenvalue weighted by atomic mass is 127. The largest absolute Gasteiger partial charge is 0.469 e. The van der Waals surface area contributed by atoms with Crippen molar-refractivity contribution in [2.24, 2.45) is 16.8 Å². The van der Waals surface area contributed by atoms with Crippen LogP contribution >= 0.6 is 24.0 Å². The molecule has 1 aromatic carbocycles. The van der Waals surface area contributed by atoms with Crippen molar-refractivity contribution in [2.75, 3.05) is 40.8 Å². The number of likely N-dealkylation sites (tertiary alicyclic amines) is 1. The maximum absolute atomic E-state index is 11.9. The summed E-state index contributed by atoms with van der Waals surface area (Å²) in [5.41, 5.74) is 2.54. The lowest BCUT2D eigenvalue weighted by Gasteiger charge is -2.22. The molecule has 2 atom stereocenters. The zero-order chi connectivity index (χ0) is 19.1. The Hall–Kier alpha value is -1.35. The van der Waals surface area contributed by atoms with Crippen LogP contribution in [0.2, 0.25) is 0 Å². The van der Waals surface area contributed by atoms with Gasteiger partial charge in [0.1, 0.15) is 0 Å². The van der Waals surface area contributed by atoms with Crippen LogP contribution in [0.1, 0.15) is 25.0 Å². The predicted molar refractivity (Wildman–Crippen MR) is 120 cm³/mol. The van der Waals surface area contributed by atoms with Gasteiger partial charge in [-0.1, -0.05) is 38.1 Å². The Balaban J connectivity index is 0.00000364. The van der Waals surface area contributed by atoms with Gasteiger partial charge in [0.25, 0.3) is 0 Å². The molecule has 0 saturated carbocycles. The topological polar surface area (TPSA) is 57.2 Å². The SMILES string of the molecule is CCN(C)Cc1cccc(CNC(=NC)N2CC(C)C(C(=O)OC)C2)c1.I. The van der Waals surface area contributed by atoms with E-state index >= 15 is 0 Å². The number of esters is 1. The van der Waals surface area contributed by atoms with Crippen molar-refractivity contribution in [3.05, 3.63) is 35.4 Å². The molecule has 1 heterocycles. The number of hydrogen-bond acceptors (Lipinski definition) is 4. The van der Waals surface area contributed by atoms with Crippen LogP contribution < -0.4 is 5.32 Å². The number of ether oxygens (including phenoxy) is 1. The summed E-state index contributed by atoms with van der Waals surface area (Å²) >= 11 is 0. The zero-order valence-electron chi connectivity index (χ0n) is 17.1. The van der Waals surface area contributed by atoms with Crippen LogP contribution in [0.25, 0.3) is 0 Å². The van der Waals surface area contributed by atoms with Crippen molar-refractivity contribution < 1.29 is 9.53 Å². The number of rotatable bonds is 6. The van der Waals surface area contributed by atoms with Crippen molar-refractivity contribution in [3.8, 4) is 0 Å². The highest BCUT2D eigenvalue weighted by molar-refractivity contribution is 14.0. The third-order valence-corrected chi connectivity index (χ3v) is 5.06. The lowest BCUT2D eigenvalue weighted by atomic mass is 9.99. The van der Waals surface area contributed by atoms with Crippen LogP contribution in [0.5, 0.6) is 0 Å². The highest BCUT2D eigenvalue weighted by Gasteiger charge is 2.36. The molecule has 152 valence electrons. The molecule has 2 unspecified atom stereocenters. The Kier molecular flexibility index (Phi) is 10.1. The van der Waals surface area contributed by atoms with Crippen LogP contribution in [0.4, 0.5) is 0 Å². The van der Waals surface area contributed by atoms with Gasteiger partial charge in [-0.3, -0.25) is 9.79 Å². The lowest BCUT2D eigenvalue weighted by molar-refractivity contribution is -0.145. The number of methoxy groups -OCH3 is 1. The van der Waals surface area contributed by atoms with Crippen molar-refractivity contribution in [3.63, 3.8) is 0 Å². The molecule has 7 heteroatoms. The first kappa shape index (κ1) is 23.7. The number of benzene rings is 1. The molecule has 0 bridgehead atoms. The Morgan fingerprint density at radius 1 is 1.37 bits per heavy atom. The van der Waals surface area contributed by atoms with E-state index in [2.05, 4.69) is 65.3 Å². The number of carbonyl (C=O) groups is 1. The van der Waals surface area contributed by atoms with E-state index in [1.54, 1.807) is 7.05 Å². The van der Waals surface area contributed by atoms with Gasteiger partial charge in [-0.25, -0.2) is 0 Å². The third-order valence-electron chi connectivity index (χ3n) is 5.06. The summed E-state index contributed by atoms with van der Waals surface area (Å²) in [6.45, 7) is 8.39. The van der Waals surface area contributed by atoms with Crippen molar-refractivity contribution in [2.45, 2.75) is 26.9 Å². The van der Waals surface area contributed by atoms with E-state index in [4.69, 9.17) is 4.74 Å². The molecule has 1 aliphatic rings. The Morgan fingerprint density at radius 3 is 2.70 bits per heavy atom. The average molecular weight is 488 g/mol. The van der Waals surface area contributed by atoms with E-state index < -0.39 is 0 Å². The summed E-state index contributed by atoms with van der Waals surface area (Å²) in [6, 6.07) is 8.62. The molecule has 1 saturated heterocycles. The Labute approximate surface area is 180 Å².